The predicted molar refractivity (Wildman–Crippen MR) is 98.4 cm³/mol. The first-order valence-corrected chi connectivity index (χ1v) is 8.80. The SMILES string of the molecule is Cc1ccc(NC(=O)CSc2nnc3[nH]c(=O)c(C)c(C)n23)c(C)c1. The lowest BCUT2D eigenvalue weighted by Crippen LogP contribution is -2.17. The summed E-state index contributed by atoms with van der Waals surface area (Å²) in [6.07, 6.45) is 0. The first kappa shape index (κ1) is 17.2. The maximum Gasteiger partial charge on any atom is 0.255 e. The number of nitrogens with one attached hydrogen (secondary N) is 2. The fourth-order valence-corrected chi connectivity index (χ4v) is 3.33. The van der Waals surface area contributed by atoms with Crippen LogP contribution in [0.4, 0.5) is 5.69 Å². The molecular formula is C17H19N5O2S. The topological polar surface area (TPSA) is 92.2 Å². The first-order chi connectivity index (χ1) is 11.9. The number of aryl methyl sites for hydroxylation is 3. The number of aromatic nitrogens is 4. The van der Waals surface area contributed by atoms with Gasteiger partial charge in [-0.2, -0.15) is 0 Å². The average Bonchev–Trinajstić information content (AvgIpc) is 2.96. The number of carbonyl (C=O) groups is 1. The fraction of sp³-hybridized carbons (Fsp3) is 0.294. The van der Waals surface area contributed by atoms with Gasteiger partial charge in [-0.05, 0) is 39.3 Å². The zero-order valence-electron chi connectivity index (χ0n) is 14.5. The summed E-state index contributed by atoms with van der Waals surface area (Å²) < 4.78 is 1.76. The third-order valence-corrected chi connectivity index (χ3v) is 4.99. The van der Waals surface area contributed by atoms with E-state index in [2.05, 4.69) is 20.5 Å². The Bertz CT molecular complexity index is 1020. The predicted octanol–water partition coefficient (Wildman–Crippen LogP) is 2.38. The molecule has 0 radical (unpaired) electrons. The number of fused-ring (bicyclic) bond motifs is 1. The van der Waals surface area contributed by atoms with E-state index in [1.54, 1.807) is 11.3 Å². The molecule has 8 heteroatoms. The molecule has 2 N–H and O–H groups in total. The molecule has 0 spiro atoms. The van der Waals surface area contributed by atoms with E-state index in [4.69, 9.17) is 0 Å². The Hall–Kier alpha value is -2.61. The lowest BCUT2D eigenvalue weighted by atomic mass is 10.1. The maximum absolute atomic E-state index is 12.2. The van der Waals surface area contributed by atoms with E-state index in [1.807, 2.05) is 39.0 Å². The molecule has 1 amide bonds. The van der Waals surface area contributed by atoms with Crippen molar-refractivity contribution in [2.24, 2.45) is 0 Å². The van der Waals surface area contributed by atoms with Crippen LogP contribution in [0.5, 0.6) is 0 Å². The van der Waals surface area contributed by atoms with Gasteiger partial charge in [-0.1, -0.05) is 29.5 Å². The fourth-order valence-electron chi connectivity index (χ4n) is 2.54. The molecule has 25 heavy (non-hydrogen) atoms. The molecule has 2 heterocycles. The number of aromatic amines is 1. The molecule has 0 saturated carbocycles. The summed E-state index contributed by atoms with van der Waals surface area (Å²) in [6, 6.07) is 5.89. The number of amides is 1. The Morgan fingerprint density at radius 3 is 2.72 bits per heavy atom. The number of H-pyrrole nitrogens is 1. The van der Waals surface area contributed by atoms with Crippen molar-refractivity contribution in [2.45, 2.75) is 32.9 Å². The molecule has 7 nitrogen and oxygen atoms in total. The molecule has 0 bridgehead atoms. The molecule has 0 saturated heterocycles. The minimum Gasteiger partial charge on any atom is -0.325 e. The van der Waals surface area contributed by atoms with Crippen LogP contribution in [-0.4, -0.2) is 31.2 Å². The number of carbonyl (C=O) groups excluding carboxylic acids is 1. The lowest BCUT2D eigenvalue weighted by Gasteiger charge is -2.09. The molecule has 130 valence electrons. The van der Waals surface area contributed by atoms with Crippen molar-refractivity contribution in [2.75, 3.05) is 11.1 Å². The van der Waals surface area contributed by atoms with Gasteiger partial charge in [0.2, 0.25) is 11.7 Å². The van der Waals surface area contributed by atoms with Crippen molar-refractivity contribution >= 4 is 29.1 Å². The largest absolute Gasteiger partial charge is 0.325 e. The third kappa shape index (κ3) is 3.43. The minimum atomic E-state index is -0.179. The van der Waals surface area contributed by atoms with Crippen molar-refractivity contribution in [3.05, 3.63) is 50.9 Å². The third-order valence-electron chi connectivity index (χ3n) is 4.07. The molecule has 0 aliphatic carbocycles. The van der Waals surface area contributed by atoms with Gasteiger partial charge in [0.15, 0.2) is 5.16 Å². The Kier molecular flexibility index (Phi) is 4.63. The van der Waals surface area contributed by atoms with Crippen LogP contribution in [-0.2, 0) is 4.79 Å². The number of rotatable bonds is 4. The summed E-state index contributed by atoms with van der Waals surface area (Å²) in [5.74, 6) is 0.462. The molecule has 0 fully saturated rings. The molecule has 0 aliphatic heterocycles. The van der Waals surface area contributed by atoms with Crippen LogP contribution in [0.25, 0.3) is 5.78 Å². The molecule has 3 aromatic rings. The second-order valence-electron chi connectivity index (χ2n) is 5.96. The van der Waals surface area contributed by atoms with Gasteiger partial charge in [0.05, 0.1) is 5.75 Å². The standard InChI is InChI=1S/C17H19N5O2S/c1-9-5-6-13(10(2)7-9)18-14(23)8-25-17-21-20-16-19-15(24)11(3)12(4)22(16)17/h5-7H,8H2,1-4H3,(H,18,23)(H,19,20,24). The molecule has 0 atom stereocenters. The van der Waals surface area contributed by atoms with Crippen LogP contribution in [0.2, 0.25) is 0 Å². The van der Waals surface area contributed by atoms with Gasteiger partial charge in [0, 0.05) is 16.9 Å². The highest BCUT2D eigenvalue weighted by molar-refractivity contribution is 7.99. The lowest BCUT2D eigenvalue weighted by molar-refractivity contribution is -0.113. The second kappa shape index (κ2) is 6.72. The van der Waals surface area contributed by atoms with Crippen LogP contribution in [0, 0.1) is 27.7 Å². The monoisotopic (exact) mass is 357 g/mol. The highest BCUT2D eigenvalue weighted by atomic mass is 32.2. The summed E-state index contributed by atoms with van der Waals surface area (Å²) in [6.45, 7) is 7.55. The molecule has 0 aliphatic rings. The Morgan fingerprint density at radius 2 is 2.00 bits per heavy atom. The quantitative estimate of drug-likeness (QED) is 0.700. The van der Waals surface area contributed by atoms with Gasteiger partial charge < -0.3 is 5.32 Å². The van der Waals surface area contributed by atoms with E-state index < -0.39 is 0 Å². The number of hydrogen-bond donors (Lipinski definition) is 2. The second-order valence-corrected chi connectivity index (χ2v) is 6.90. The molecule has 0 unspecified atom stereocenters. The molecule has 2 aromatic heterocycles. The van der Waals surface area contributed by atoms with Crippen LogP contribution in [0.15, 0.2) is 28.2 Å². The highest BCUT2D eigenvalue weighted by Gasteiger charge is 2.14. The Labute approximate surface area is 148 Å². The van der Waals surface area contributed by atoms with Crippen molar-refractivity contribution in [1.29, 1.82) is 0 Å². The Morgan fingerprint density at radius 1 is 1.24 bits per heavy atom. The van der Waals surface area contributed by atoms with E-state index >= 15 is 0 Å². The van der Waals surface area contributed by atoms with Gasteiger partial charge in [0.1, 0.15) is 0 Å². The highest BCUT2D eigenvalue weighted by Crippen LogP contribution is 2.20. The van der Waals surface area contributed by atoms with Crippen LogP contribution < -0.4 is 10.9 Å². The normalized spacial score (nSPS) is 11.0. The van der Waals surface area contributed by atoms with E-state index in [9.17, 15) is 9.59 Å². The number of thioether (sulfide) groups is 1. The van der Waals surface area contributed by atoms with Gasteiger partial charge >= 0.3 is 0 Å². The number of anilines is 1. The first-order valence-electron chi connectivity index (χ1n) is 7.81. The van der Waals surface area contributed by atoms with Crippen LogP contribution in [0.1, 0.15) is 22.4 Å². The summed E-state index contributed by atoms with van der Waals surface area (Å²) in [7, 11) is 0. The van der Waals surface area contributed by atoms with Crippen LogP contribution in [0.3, 0.4) is 0 Å². The van der Waals surface area contributed by atoms with Gasteiger partial charge in [-0.3, -0.25) is 19.0 Å². The van der Waals surface area contributed by atoms with E-state index in [-0.39, 0.29) is 17.2 Å². The number of benzene rings is 1. The van der Waals surface area contributed by atoms with Crippen molar-refractivity contribution in [3.8, 4) is 0 Å². The van der Waals surface area contributed by atoms with Gasteiger partial charge in [-0.25, -0.2) is 0 Å². The summed E-state index contributed by atoms with van der Waals surface area (Å²) in [5, 5.41) is 11.5. The minimum absolute atomic E-state index is 0.118. The molecular weight excluding hydrogens is 338 g/mol. The van der Waals surface area contributed by atoms with Crippen molar-refractivity contribution in [3.63, 3.8) is 0 Å². The molecule has 3 rings (SSSR count). The summed E-state index contributed by atoms with van der Waals surface area (Å²) in [4.78, 5) is 26.7. The zero-order chi connectivity index (χ0) is 18.1. The van der Waals surface area contributed by atoms with Gasteiger partial charge in [0.25, 0.3) is 5.56 Å². The zero-order valence-corrected chi connectivity index (χ0v) is 15.3. The van der Waals surface area contributed by atoms with Crippen LogP contribution >= 0.6 is 11.8 Å². The summed E-state index contributed by atoms with van der Waals surface area (Å²) in [5.41, 5.74) is 4.17. The molecule has 1 aromatic carbocycles. The van der Waals surface area contributed by atoms with E-state index in [0.29, 0.717) is 16.5 Å². The van der Waals surface area contributed by atoms with Crippen molar-refractivity contribution in [1.82, 2.24) is 19.6 Å². The number of hydrogen-bond acceptors (Lipinski definition) is 5. The van der Waals surface area contributed by atoms with E-state index in [0.717, 1.165) is 22.5 Å². The number of nitrogens with zero attached hydrogens (tertiary/aromatic N) is 3. The Balaban J connectivity index is 1.75. The van der Waals surface area contributed by atoms with Gasteiger partial charge in [-0.15, -0.1) is 10.2 Å². The smallest absolute Gasteiger partial charge is 0.255 e. The van der Waals surface area contributed by atoms with E-state index in [1.165, 1.54) is 11.8 Å². The maximum atomic E-state index is 12.2. The van der Waals surface area contributed by atoms with Crippen molar-refractivity contribution < 1.29 is 4.79 Å². The summed E-state index contributed by atoms with van der Waals surface area (Å²) >= 11 is 1.28. The average molecular weight is 357 g/mol.